The van der Waals surface area contributed by atoms with Gasteiger partial charge in [-0.1, -0.05) is 0 Å². The molecular weight excluding hydrogens is 334 g/mol. The average molecular weight is 338 g/mol. The molecule has 0 aromatic carbocycles. The Morgan fingerprint density at radius 1 is 0.571 bits per heavy atom. The molecule has 0 bridgehead atoms. The summed E-state index contributed by atoms with van der Waals surface area (Å²) in [6.07, 6.45) is 0. The molecule has 0 aliphatic heterocycles. The molecule has 0 rings (SSSR count). The smallest absolute Gasteiger partial charge is 0.759 e. The number of hydrogen-bond acceptors (Lipinski definition) is 8. The molecule has 0 fully saturated rings. The number of hydrogen-bond donors (Lipinski definition) is 0. The van der Waals surface area contributed by atoms with Gasteiger partial charge in [0.1, 0.15) is 0 Å². The van der Waals surface area contributed by atoms with E-state index in [9.17, 15) is 0 Å². The second-order valence-corrected chi connectivity index (χ2v) is 2.45. The van der Waals surface area contributed by atoms with Gasteiger partial charge in [0.05, 0.1) is 0 Å². The molecule has 0 amide bonds. The molecule has 0 aliphatic carbocycles. The molecule has 0 heterocycles. The fourth-order valence-corrected chi connectivity index (χ4v) is 0. The standard InChI is InChI=1S/2Mn.2H2O4S.2H2O/c;;2*1-5(2,3)4;;/h;;2*(H2,1,2,3,4);2*1H2/q2*+2;;;;/p-4. The Kier molecular flexibility index (Phi) is 35.7. The fraction of sp³-hybridized carbons (Fsp3) is 0. The van der Waals surface area contributed by atoms with Crippen molar-refractivity contribution in [3.05, 3.63) is 0 Å². The predicted octanol–water partition coefficient (Wildman–Crippen LogP) is -4.33. The van der Waals surface area contributed by atoms with Crippen molar-refractivity contribution in [3.63, 3.8) is 0 Å². The maximum absolute atomic E-state index is 8.52. The Balaban J connectivity index is -0.0000000178. The normalized spacial score (nSPS) is 8.29. The van der Waals surface area contributed by atoms with E-state index in [1.165, 1.54) is 0 Å². The van der Waals surface area contributed by atoms with Crippen molar-refractivity contribution >= 4 is 20.8 Å². The van der Waals surface area contributed by atoms with E-state index >= 15 is 0 Å². The van der Waals surface area contributed by atoms with Gasteiger partial charge in [-0.25, -0.2) is 0 Å². The van der Waals surface area contributed by atoms with E-state index in [4.69, 9.17) is 35.0 Å². The molecule has 4 N–H and O–H groups in total. The molecule has 10 nitrogen and oxygen atoms in total. The van der Waals surface area contributed by atoms with Crippen LogP contribution in [0.25, 0.3) is 0 Å². The van der Waals surface area contributed by atoms with Gasteiger partial charge in [-0.3, -0.25) is 16.8 Å². The van der Waals surface area contributed by atoms with Gasteiger partial charge >= 0.3 is 34.1 Å². The van der Waals surface area contributed by atoms with Crippen LogP contribution in [-0.2, 0) is 54.9 Å². The summed E-state index contributed by atoms with van der Waals surface area (Å²) < 4.78 is 68.2. The quantitative estimate of drug-likeness (QED) is 0.238. The zero-order valence-corrected chi connectivity index (χ0v) is 9.83. The molecule has 14 heteroatoms. The third-order valence-electron chi connectivity index (χ3n) is 0. The zero-order valence-electron chi connectivity index (χ0n) is 5.84. The first-order valence-corrected chi connectivity index (χ1v) is 4.00. The van der Waals surface area contributed by atoms with Crippen molar-refractivity contribution in [1.82, 2.24) is 0 Å². The van der Waals surface area contributed by atoms with Gasteiger partial charge in [-0.2, -0.15) is 0 Å². The summed E-state index contributed by atoms with van der Waals surface area (Å²) in [5, 5.41) is 0. The van der Waals surface area contributed by atoms with E-state index in [1.54, 1.807) is 0 Å². The van der Waals surface area contributed by atoms with Crippen molar-refractivity contribution in [2.45, 2.75) is 0 Å². The van der Waals surface area contributed by atoms with Gasteiger partial charge in [0.2, 0.25) is 0 Å². The average Bonchev–Trinajstić information content (AvgIpc) is 1.12. The van der Waals surface area contributed by atoms with E-state index in [-0.39, 0.29) is 45.1 Å². The summed E-state index contributed by atoms with van der Waals surface area (Å²) in [6, 6.07) is 0. The third-order valence-corrected chi connectivity index (χ3v) is 0. The minimum absolute atomic E-state index is 0. The van der Waals surface area contributed by atoms with Crippen LogP contribution in [-0.4, -0.2) is 46.0 Å². The molecular formula is H4Mn2O10S2. The van der Waals surface area contributed by atoms with Gasteiger partial charge in [-0.15, -0.1) is 0 Å². The van der Waals surface area contributed by atoms with Crippen LogP contribution in [0.15, 0.2) is 0 Å². The van der Waals surface area contributed by atoms with Gasteiger partial charge < -0.3 is 29.2 Å². The van der Waals surface area contributed by atoms with Crippen LogP contribution in [0, 0.1) is 0 Å². The van der Waals surface area contributed by atoms with Crippen molar-refractivity contribution in [2.24, 2.45) is 0 Å². The Morgan fingerprint density at radius 2 is 0.571 bits per heavy atom. The first-order chi connectivity index (χ1) is 4.00. The van der Waals surface area contributed by atoms with Gasteiger partial charge in [0.25, 0.3) is 0 Å². The van der Waals surface area contributed by atoms with Crippen molar-refractivity contribution in [3.8, 4) is 0 Å². The molecule has 0 aromatic heterocycles. The summed E-state index contributed by atoms with van der Waals surface area (Å²) >= 11 is 0. The summed E-state index contributed by atoms with van der Waals surface area (Å²) in [7, 11) is -10.3. The van der Waals surface area contributed by atoms with Gasteiger partial charge in [0, 0.05) is 20.8 Å². The van der Waals surface area contributed by atoms with E-state index in [0.717, 1.165) is 0 Å². The van der Waals surface area contributed by atoms with Crippen LogP contribution in [0.4, 0.5) is 0 Å². The topological polar surface area (TPSA) is 224 Å². The molecule has 0 unspecified atom stereocenters. The van der Waals surface area contributed by atoms with Gasteiger partial charge in [-0.05, 0) is 0 Å². The maximum atomic E-state index is 8.52. The van der Waals surface area contributed by atoms with Crippen LogP contribution >= 0.6 is 0 Å². The van der Waals surface area contributed by atoms with Crippen LogP contribution in [0.2, 0.25) is 0 Å². The van der Waals surface area contributed by atoms with E-state index in [2.05, 4.69) is 0 Å². The Labute approximate surface area is 101 Å². The Hall–Kier alpha value is 0.699. The monoisotopic (exact) mass is 338 g/mol. The SMILES string of the molecule is O.O.O=S(=O)([O-])[O-].O=S(=O)([O-])[O-].[Mn+2].[Mn+2]. The first-order valence-electron chi connectivity index (χ1n) is 1.33. The molecule has 0 aromatic rings. The fourth-order valence-electron chi connectivity index (χ4n) is 0. The molecule has 0 spiro atoms. The number of rotatable bonds is 0. The predicted molar refractivity (Wildman–Crippen MR) is 28.2 cm³/mol. The molecule has 90 valence electrons. The van der Waals surface area contributed by atoms with Crippen molar-refractivity contribution in [2.75, 3.05) is 0 Å². The molecule has 0 aliphatic rings. The second kappa shape index (κ2) is 13.7. The van der Waals surface area contributed by atoms with Crippen LogP contribution < -0.4 is 0 Å². The summed E-state index contributed by atoms with van der Waals surface area (Å²) in [4.78, 5) is 0. The van der Waals surface area contributed by atoms with E-state index < -0.39 is 20.8 Å². The molecule has 0 atom stereocenters. The third kappa shape index (κ3) is 3560. The first kappa shape index (κ1) is 36.5. The summed E-state index contributed by atoms with van der Waals surface area (Å²) in [5.41, 5.74) is 0. The van der Waals surface area contributed by atoms with Crippen molar-refractivity contribution in [1.29, 1.82) is 0 Å². The van der Waals surface area contributed by atoms with E-state index in [0.29, 0.717) is 0 Å². The molecule has 2 radical (unpaired) electrons. The summed E-state index contributed by atoms with van der Waals surface area (Å²) in [5.74, 6) is 0. The second-order valence-electron chi connectivity index (χ2n) is 0.816. The van der Waals surface area contributed by atoms with Crippen LogP contribution in [0.3, 0.4) is 0 Å². The Bertz CT molecular complexity index is 212. The minimum Gasteiger partial charge on any atom is -0.759 e. The van der Waals surface area contributed by atoms with Crippen molar-refractivity contribution < 1.29 is 80.1 Å². The minimum atomic E-state index is -5.17. The Morgan fingerprint density at radius 3 is 0.571 bits per heavy atom. The van der Waals surface area contributed by atoms with E-state index in [1.807, 2.05) is 0 Å². The molecule has 0 saturated heterocycles. The van der Waals surface area contributed by atoms with Crippen LogP contribution in [0.5, 0.6) is 0 Å². The summed E-state index contributed by atoms with van der Waals surface area (Å²) in [6.45, 7) is 0. The molecule has 0 saturated carbocycles. The maximum Gasteiger partial charge on any atom is 2.00 e. The van der Waals surface area contributed by atoms with Crippen LogP contribution in [0.1, 0.15) is 0 Å². The van der Waals surface area contributed by atoms with Gasteiger partial charge in [0.15, 0.2) is 0 Å². The zero-order chi connectivity index (χ0) is 9.00. The molecule has 14 heavy (non-hydrogen) atoms. The largest absolute Gasteiger partial charge is 2.00 e.